The number of hydrogen-bond donors (Lipinski definition) is 1. The molecule has 5 nitrogen and oxygen atoms in total. The maximum atomic E-state index is 11.4. The molecule has 2 aromatic rings. The fraction of sp³-hybridized carbons (Fsp3) is 0.576. The Kier molecular flexibility index (Phi) is 10.8. The van der Waals surface area contributed by atoms with Crippen LogP contribution < -0.4 is 0 Å². The molecule has 1 heterocycles. The van der Waals surface area contributed by atoms with E-state index >= 15 is 0 Å². The van der Waals surface area contributed by atoms with Gasteiger partial charge in [0.25, 0.3) is 0 Å². The Morgan fingerprint density at radius 3 is 2.10 bits per heavy atom. The van der Waals surface area contributed by atoms with E-state index in [1.54, 1.807) is 6.08 Å². The maximum Gasteiger partial charge on any atom is 0.192 e. The van der Waals surface area contributed by atoms with E-state index in [0.29, 0.717) is 39.1 Å². The lowest BCUT2D eigenvalue weighted by Gasteiger charge is -2.56. The van der Waals surface area contributed by atoms with E-state index < -0.39 is 25.6 Å². The van der Waals surface area contributed by atoms with Crippen LogP contribution in [0.3, 0.4) is 0 Å². The van der Waals surface area contributed by atoms with Crippen LogP contribution in [0.5, 0.6) is 0 Å². The third-order valence-electron chi connectivity index (χ3n) is 8.64. The normalized spacial score (nSPS) is 26.8. The molecule has 1 fully saturated rings. The first-order valence-electron chi connectivity index (χ1n) is 14.2. The largest absolute Gasteiger partial charge is 0.411 e. The van der Waals surface area contributed by atoms with Gasteiger partial charge in [0.15, 0.2) is 8.32 Å². The van der Waals surface area contributed by atoms with Crippen molar-refractivity contribution in [2.75, 3.05) is 6.61 Å². The number of hydrogen-bond acceptors (Lipinski definition) is 5. The van der Waals surface area contributed by atoms with Crippen molar-refractivity contribution < 1.29 is 23.7 Å². The van der Waals surface area contributed by atoms with E-state index in [4.69, 9.17) is 18.6 Å². The lowest BCUT2D eigenvalue weighted by atomic mass is 9.77. The minimum atomic E-state index is -2.18. The number of ether oxygens (including phenoxy) is 3. The summed E-state index contributed by atoms with van der Waals surface area (Å²) in [7, 11) is -2.18. The first-order chi connectivity index (χ1) is 18.3. The molecular formula is C33H50O5Si. The molecule has 1 aliphatic rings. The Morgan fingerprint density at radius 1 is 1.00 bits per heavy atom. The van der Waals surface area contributed by atoms with Crippen molar-refractivity contribution in [2.24, 2.45) is 0 Å². The monoisotopic (exact) mass is 554 g/mol. The van der Waals surface area contributed by atoms with Crippen LogP contribution in [0.2, 0.25) is 18.1 Å². The molecule has 0 aromatic heterocycles. The number of benzene rings is 2. The number of aliphatic hydroxyl groups excluding tert-OH is 1. The molecule has 0 aliphatic carbocycles. The zero-order chi connectivity index (χ0) is 28.7. The average molecular weight is 555 g/mol. The predicted octanol–water partition coefficient (Wildman–Crippen LogP) is 7.44. The second kappa shape index (κ2) is 13.2. The average Bonchev–Trinajstić information content (AvgIpc) is 2.88. The van der Waals surface area contributed by atoms with Crippen molar-refractivity contribution in [3.05, 3.63) is 84.4 Å². The van der Waals surface area contributed by atoms with Gasteiger partial charge in [-0.15, -0.1) is 6.58 Å². The van der Waals surface area contributed by atoms with Crippen molar-refractivity contribution in [3.63, 3.8) is 0 Å². The summed E-state index contributed by atoms with van der Waals surface area (Å²) in [6.45, 7) is 20.7. The van der Waals surface area contributed by atoms with Crippen LogP contribution in [0.25, 0.3) is 0 Å². The van der Waals surface area contributed by atoms with Gasteiger partial charge < -0.3 is 23.7 Å². The summed E-state index contributed by atoms with van der Waals surface area (Å²) in [5.74, 6) is 0. The molecule has 3 rings (SSSR count). The number of rotatable bonds is 13. The third-order valence-corrected chi connectivity index (χ3v) is 13.1. The fourth-order valence-electron chi connectivity index (χ4n) is 4.95. The Balaban J connectivity index is 1.87. The summed E-state index contributed by atoms with van der Waals surface area (Å²) in [5.41, 5.74) is 0.639. The van der Waals surface area contributed by atoms with E-state index in [-0.39, 0.29) is 17.2 Å². The zero-order valence-electron chi connectivity index (χ0n) is 25.1. The Morgan fingerprint density at radius 2 is 1.56 bits per heavy atom. The Labute approximate surface area is 237 Å². The van der Waals surface area contributed by atoms with Gasteiger partial charge in [-0.3, -0.25) is 0 Å². The molecule has 1 aliphatic heterocycles. The predicted molar refractivity (Wildman–Crippen MR) is 161 cm³/mol. The lowest BCUT2D eigenvalue weighted by Crippen LogP contribution is -2.67. The molecule has 39 heavy (non-hydrogen) atoms. The molecule has 6 heteroatoms. The van der Waals surface area contributed by atoms with Crippen LogP contribution in [0.15, 0.2) is 73.3 Å². The maximum absolute atomic E-state index is 11.4. The molecular weight excluding hydrogens is 504 g/mol. The van der Waals surface area contributed by atoms with Crippen molar-refractivity contribution in [1.29, 1.82) is 0 Å². The van der Waals surface area contributed by atoms with Crippen LogP contribution in [0.1, 0.15) is 65.0 Å². The summed E-state index contributed by atoms with van der Waals surface area (Å²) < 4.78 is 26.7. The van der Waals surface area contributed by atoms with Gasteiger partial charge in [-0.05, 0) is 49.5 Å². The van der Waals surface area contributed by atoms with E-state index in [1.165, 1.54) is 0 Å². The highest BCUT2D eigenvalue weighted by molar-refractivity contribution is 6.74. The Hall–Kier alpha value is -1.80. The molecule has 1 N–H and O–H groups in total. The summed E-state index contributed by atoms with van der Waals surface area (Å²) in [6, 6.07) is 20.4. The van der Waals surface area contributed by atoms with Crippen molar-refractivity contribution in [3.8, 4) is 0 Å². The molecule has 2 aromatic carbocycles. The summed E-state index contributed by atoms with van der Waals surface area (Å²) in [5, 5.41) is 11.4. The molecule has 0 spiro atoms. The van der Waals surface area contributed by atoms with Gasteiger partial charge in [-0.25, -0.2) is 0 Å². The van der Waals surface area contributed by atoms with E-state index in [0.717, 1.165) is 11.1 Å². The van der Waals surface area contributed by atoms with Gasteiger partial charge in [0.1, 0.15) is 5.60 Å². The minimum absolute atomic E-state index is 0.0176. The van der Waals surface area contributed by atoms with Gasteiger partial charge >= 0.3 is 0 Å². The van der Waals surface area contributed by atoms with Gasteiger partial charge in [-0.2, -0.15) is 0 Å². The number of aliphatic hydroxyl groups is 1. The van der Waals surface area contributed by atoms with Gasteiger partial charge in [0, 0.05) is 19.4 Å². The smallest absolute Gasteiger partial charge is 0.192 e. The topological polar surface area (TPSA) is 57.2 Å². The van der Waals surface area contributed by atoms with Crippen molar-refractivity contribution in [2.45, 2.75) is 115 Å². The first-order valence-corrected chi connectivity index (χ1v) is 17.2. The van der Waals surface area contributed by atoms with Gasteiger partial charge in [-0.1, -0.05) is 87.5 Å². The van der Waals surface area contributed by atoms with Crippen LogP contribution in [-0.2, 0) is 31.9 Å². The molecule has 0 saturated carbocycles. The highest BCUT2D eigenvalue weighted by atomic mass is 28.4. The standard InChI is InChI=1S/C33H50O5Si/c1-9-16-28(34)33(6)30(37-39(7,8)31(2,3)4)23-29(36-25-27-19-14-11-15-20-27)32(5,38-33)21-22-35-24-26-17-12-10-13-18-26/h9-15,17-20,28-30,34H,1,16,21-25H2,2-8H3/t28-,29-,30+,32+,33-/m1/s1. The summed E-state index contributed by atoms with van der Waals surface area (Å²) >= 11 is 0. The SMILES string of the molecule is C=CC[C@@H](O)[C@@]1(C)O[C@@](C)(CCOCc2ccccc2)[C@H](OCc2ccccc2)C[C@@H]1O[Si](C)(C)C(C)(C)C. The highest BCUT2D eigenvalue weighted by Gasteiger charge is 2.57. The second-order valence-electron chi connectivity index (χ2n) is 12.8. The lowest BCUT2D eigenvalue weighted by molar-refractivity contribution is -0.298. The molecule has 0 amide bonds. The fourth-order valence-corrected chi connectivity index (χ4v) is 6.35. The van der Waals surface area contributed by atoms with Crippen LogP contribution >= 0.6 is 0 Å². The summed E-state index contributed by atoms with van der Waals surface area (Å²) in [6.07, 6.45) is 2.10. The van der Waals surface area contributed by atoms with E-state index in [2.05, 4.69) is 71.6 Å². The molecule has 216 valence electrons. The van der Waals surface area contributed by atoms with Crippen LogP contribution in [0, 0.1) is 0 Å². The van der Waals surface area contributed by atoms with E-state index in [1.807, 2.05) is 43.3 Å². The summed E-state index contributed by atoms with van der Waals surface area (Å²) in [4.78, 5) is 0. The molecule has 0 unspecified atom stereocenters. The van der Waals surface area contributed by atoms with Gasteiger partial charge in [0.2, 0.25) is 0 Å². The van der Waals surface area contributed by atoms with Crippen molar-refractivity contribution in [1.82, 2.24) is 0 Å². The molecule has 1 saturated heterocycles. The first kappa shape index (κ1) is 31.7. The van der Waals surface area contributed by atoms with E-state index in [9.17, 15) is 5.11 Å². The van der Waals surface area contributed by atoms with Gasteiger partial charge in [0.05, 0.1) is 37.1 Å². The highest BCUT2D eigenvalue weighted by Crippen LogP contribution is 2.47. The quantitative estimate of drug-likeness (QED) is 0.158. The third kappa shape index (κ3) is 8.12. The molecule has 0 radical (unpaired) electrons. The minimum Gasteiger partial charge on any atom is -0.411 e. The molecule has 0 bridgehead atoms. The zero-order valence-corrected chi connectivity index (χ0v) is 26.1. The second-order valence-corrected chi connectivity index (χ2v) is 17.6. The van der Waals surface area contributed by atoms with Crippen LogP contribution in [0.4, 0.5) is 0 Å². The van der Waals surface area contributed by atoms with Crippen molar-refractivity contribution >= 4 is 8.32 Å². The van der Waals surface area contributed by atoms with Crippen LogP contribution in [-0.4, -0.2) is 49.5 Å². The molecule has 5 atom stereocenters. The Bertz CT molecular complexity index is 1020.